The van der Waals surface area contributed by atoms with E-state index in [0.717, 1.165) is 0 Å². The molecule has 0 aliphatic heterocycles. The summed E-state index contributed by atoms with van der Waals surface area (Å²) < 4.78 is 0. The van der Waals surface area contributed by atoms with Crippen LogP contribution in [-0.4, -0.2) is 71.7 Å². The molecule has 11 nitrogen and oxygen atoms in total. The first kappa shape index (κ1) is 22.8. The van der Waals surface area contributed by atoms with Gasteiger partial charge in [-0.3, -0.25) is 14.4 Å². The molecule has 11 heteroatoms. The highest BCUT2D eigenvalue weighted by Gasteiger charge is 2.26. The van der Waals surface area contributed by atoms with Crippen LogP contribution < -0.4 is 27.4 Å². The number of hydrogen-bond donors (Lipinski definition) is 7. The molecule has 3 amide bonds. The SMILES string of the molecule is CC(N)C(=O)NCC(=O)NC(CCCCN)C(=O)NC(CO)C(=O)O. The van der Waals surface area contributed by atoms with Crippen molar-refractivity contribution in [1.29, 1.82) is 0 Å². The third-order valence-electron chi connectivity index (χ3n) is 3.23. The molecule has 3 unspecified atom stereocenters. The van der Waals surface area contributed by atoms with E-state index in [1.165, 1.54) is 6.92 Å². The van der Waals surface area contributed by atoms with Crippen molar-refractivity contribution < 1.29 is 29.4 Å². The number of nitrogens with one attached hydrogen (secondary N) is 3. The fraction of sp³-hybridized carbons (Fsp3) is 0.714. The Hall–Kier alpha value is -2.24. The maximum Gasteiger partial charge on any atom is 0.328 e. The molecule has 3 atom stereocenters. The van der Waals surface area contributed by atoms with Gasteiger partial charge in [-0.2, -0.15) is 0 Å². The molecule has 0 aliphatic carbocycles. The number of aliphatic carboxylic acids is 1. The molecule has 0 aromatic heterocycles. The molecule has 0 aromatic carbocycles. The Bertz CT molecular complexity index is 471. The molecule has 0 saturated heterocycles. The maximum absolute atomic E-state index is 12.2. The molecule has 0 aliphatic rings. The molecule has 0 radical (unpaired) electrons. The maximum atomic E-state index is 12.2. The summed E-state index contributed by atoms with van der Waals surface area (Å²) in [7, 11) is 0. The van der Waals surface area contributed by atoms with Crippen LogP contribution in [-0.2, 0) is 19.2 Å². The number of aliphatic hydroxyl groups excluding tert-OH is 1. The molecule has 0 heterocycles. The minimum Gasteiger partial charge on any atom is -0.480 e. The van der Waals surface area contributed by atoms with Crippen LogP contribution in [0, 0.1) is 0 Å². The third kappa shape index (κ3) is 9.59. The lowest BCUT2D eigenvalue weighted by Crippen LogP contribution is -2.54. The fourth-order valence-electron chi connectivity index (χ4n) is 1.79. The number of aliphatic hydroxyl groups is 1. The largest absolute Gasteiger partial charge is 0.480 e. The first-order valence-corrected chi connectivity index (χ1v) is 7.89. The smallest absolute Gasteiger partial charge is 0.328 e. The normalized spacial score (nSPS) is 14.1. The van der Waals surface area contributed by atoms with Gasteiger partial charge >= 0.3 is 5.97 Å². The average Bonchev–Trinajstić information content (AvgIpc) is 2.55. The Kier molecular flexibility index (Phi) is 11.1. The van der Waals surface area contributed by atoms with Crippen LogP contribution in [0.1, 0.15) is 26.2 Å². The van der Waals surface area contributed by atoms with Crippen LogP contribution in [0.4, 0.5) is 0 Å². The third-order valence-corrected chi connectivity index (χ3v) is 3.23. The zero-order chi connectivity index (χ0) is 19.4. The second-order valence-corrected chi connectivity index (χ2v) is 5.49. The zero-order valence-corrected chi connectivity index (χ0v) is 14.2. The molecular formula is C14H27N5O6. The van der Waals surface area contributed by atoms with Crippen molar-refractivity contribution in [3.63, 3.8) is 0 Å². The van der Waals surface area contributed by atoms with E-state index < -0.39 is 48.4 Å². The molecule has 0 spiro atoms. The van der Waals surface area contributed by atoms with Crippen LogP contribution in [0.2, 0.25) is 0 Å². The van der Waals surface area contributed by atoms with E-state index >= 15 is 0 Å². The number of carbonyl (C=O) groups is 4. The fourth-order valence-corrected chi connectivity index (χ4v) is 1.79. The van der Waals surface area contributed by atoms with Gasteiger partial charge in [0.2, 0.25) is 17.7 Å². The summed E-state index contributed by atoms with van der Waals surface area (Å²) in [6.07, 6.45) is 1.37. The van der Waals surface area contributed by atoms with Gasteiger partial charge in [0.1, 0.15) is 12.1 Å². The molecular weight excluding hydrogens is 334 g/mol. The van der Waals surface area contributed by atoms with Gasteiger partial charge in [-0.1, -0.05) is 0 Å². The highest BCUT2D eigenvalue weighted by Crippen LogP contribution is 2.02. The lowest BCUT2D eigenvalue weighted by molar-refractivity contribution is -0.143. The zero-order valence-electron chi connectivity index (χ0n) is 14.2. The molecule has 144 valence electrons. The van der Waals surface area contributed by atoms with Crippen molar-refractivity contribution in [2.24, 2.45) is 11.5 Å². The van der Waals surface area contributed by atoms with E-state index in [-0.39, 0.29) is 13.0 Å². The molecule has 0 saturated carbocycles. The number of rotatable bonds is 12. The Morgan fingerprint density at radius 1 is 1.04 bits per heavy atom. The second kappa shape index (κ2) is 12.2. The first-order chi connectivity index (χ1) is 11.7. The summed E-state index contributed by atoms with van der Waals surface area (Å²) in [4.78, 5) is 46.2. The minimum atomic E-state index is -1.47. The van der Waals surface area contributed by atoms with Crippen LogP contribution in [0.25, 0.3) is 0 Å². The van der Waals surface area contributed by atoms with Gasteiger partial charge in [0.25, 0.3) is 0 Å². The number of hydrogen-bond acceptors (Lipinski definition) is 7. The van der Waals surface area contributed by atoms with Crippen LogP contribution >= 0.6 is 0 Å². The van der Waals surface area contributed by atoms with Crippen molar-refractivity contribution >= 4 is 23.7 Å². The van der Waals surface area contributed by atoms with Crippen molar-refractivity contribution in [2.45, 2.75) is 44.3 Å². The van der Waals surface area contributed by atoms with E-state index in [9.17, 15) is 19.2 Å². The lowest BCUT2D eigenvalue weighted by Gasteiger charge is -2.21. The molecule has 0 fully saturated rings. The van der Waals surface area contributed by atoms with Crippen molar-refractivity contribution in [3.05, 3.63) is 0 Å². The first-order valence-electron chi connectivity index (χ1n) is 7.89. The number of carboxylic acids is 1. The highest BCUT2D eigenvalue weighted by atomic mass is 16.4. The summed E-state index contributed by atoms with van der Waals surface area (Å²) in [5.74, 6) is -3.29. The molecule has 0 aromatic rings. The van der Waals surface area contributed by atoms with Crippen molar-refractivity contribution in [1.82, 2.24) is 16.0 Å². The van der Waals surface area contributed by atoms with E-state index in [2.05, 4.69) is 16.0 Å². The molecule has 0 rings (SSSR count). The van der Waals surface area contributed by atoms with E-state index in [4.69, 9.17) is 21.7 Å². The average molecular weight is 361 g/mol. The lowest BCUT2D eigenvalue weighted by atomic mass is 10.1. The summed E-state index contributed by atoms with van der Waals surface area (Å²) in [5.41, 5.74) is 10.7. The summed E-state index contributed by atoms with van der Waals surface area (Å²) in [5, 5.41) is 24.7. The number of carbonyl (C=O) groups excluding carboxylic acids is 3. The second-order valence-electron chi connectivity index (χ2n) is 5.49. The van der Waals surface area contributed by atoms with Gasteiger partial charge in [0, 0.05) is 0 Å². The molecule has 0 bridgehead atoms. The monoisotopic (exact) mass is 361 g/mol. The van der Waals surface area contributed by atoms with Gasteiger partial charge in [0.15, 0.2) is 0 Å². The Labute approximate surface area is 145 Å². The Morgan fingerprint density at radius 3 is 2.16 bits per heavy atom. The van der Waals surface area contributed by atoms with E-state index in [1.807, 2.05) is 0 Å². The van der Waals surface area contributed by atoms with Gasteiger partial charge < -0.3 is 37.6 Å². The summed E-state index contributed by atoms with van der Waals surface area (Å²) in [6.45, 7) is 0.705. The van der Waals surface area contributed by atoms with Crippen molar-refractivity contribution in [2.75, 3.05) is 19.7 Å². The number of nitrogens with two attached hydrogens (primary N) is 2. The number of amides is 3. The molecule has 25 heavy (non-hydrogen) atoms. The highest BCUT2D eigenvalue weighted by molar-refractivity contribution is 5.92. The van der Waals surface area contributed by atoms with Crippen LogP contribution in [0.3, 0.4) is 0 Å². The Balaban J connectivity index is 4.74. The van der Waals surface area contributed by atoms with Crippen LogP contribution in [0.5, 0.6) is 0 Å². The van der Waals surface area contributed by atoms with E-state index in [0.29, 0.717) is 19.4 Å². The Morgan fingerprint density at radius 2 is 1.68 bits per heavy atom. The van der Waals surface area contributed by atoms with Crippen molar-refractivity contribution in [3.8, 4) is 0 Å². The summed E-state index contributed by atoms with van der Waals surface area (Å²) >= 11 is 0. The number of carboxylic acid groups (broad SMARTS) is 1. The standard InChI is InChI=1S/C14H27N5O6/c1-8(16)12(22)17-6-11(21)18-9(4-2-3-5-15)13(23)19-10(7-20)14(24)25/h8-10,20H,2-7,15-16H2,1H3,(H,17,22)(H,18,21)(H,19,23)(H,24,25). The van der Waals surface area contributed by atoms with Gasteiger partial charge in [0.05, 0.1) is 19.2 Å². The van der Waals surface area contributed by atoms with Gasteiger partial charge in [-0.25, -0.2) is 4.79 Å². The summed E-state index contributed by atoms with van der Waals surface area (Å²) in [6, 6.07) is -3.27. The van der Waals surface area contributed by atoms with Gasteiger partial charge in [-0.15, -0.1) is 0 Å². The minimum absolute atomic E-state index is 0.230. The predicted molar refractivity (Wildman–Crippen MR) is 88.1 cm³/mol. The predicted octanol–water partition coefficient (Wildman–Crippen LogP) is -3.37. The quantitative estimate of drug-likeness (QED) is 0.175. The van der Waals surface area contributed by atoms with Crippen LogP contribution in [0.15, 0.2) is 0 Å². The molecule has 9 N–H and O–H groups in total. The van der Waals surface area contributed by atoms with Gasteiger partial charge in [-0.05, 0) is 32.7 Å². The topological polar surface area (TPSA) is 197 Å². The van der Waals surface area contributed by atoms with E-state index in [1.54, 1.807) is 0 Å². The number of unbranched alkanes of at least 4 members (excludes halogenated alkanes) is 1.